The Morgan fingerprint density at radius 2 is 2.09 bits per heavy atom. The fourth-order valence-corrected chi connectivity index (χ4v) is 3.98. The highest BCUT2D eigenvalue weighted by Gasteiger charge is 2.16. The molecule has 0 aliphatic heterocycles. The summed E-state index contributed by atoms with van der Waals surface area (Å²) in [5, 5.41) is 0.491. The number of thiophene rings is 1. The predicted molar refractivity (Wildman–Crippen MR) is 101 cm³/mol. The fourth-order valence-electron chi connectivity index (χ4n) is 2.49. The van der Waals surface area contributed by atoms with E-state index in [2.05, 4.69) is 23.7 Å². The number of carbonyl (C=O) groups excluding carboxylic acids is 1. The van der Waals surface area contributed by atoms with Crippen LogP contribution in [-0.4, -0.2) is 17.3 Å². The number of allylic oxidation sites excluding steroid dienone is 3. The Morgan fingerprint density at radius 1 is 1.39 bits per heavy atom. The summed E-state index contributed by atoms with van der Waals surface area (Å²) in [6, 6.07) is 2.04. The topological polar surface area (TPSA) is 58.9 Å². The van der Waals surface area contributed by atoms with Gasteiger partial charge in [-0.1, -0.05) is 48.0 Å². The number of rotatable bonds is 3. The standard InChI is InChI=1S/C10H15N.C7H3Cl2NOS/c1-3-5-9-7-10(11)6-8(9)4-2;8-5-6-4(12-7(5)9)1-3(2-11)10-6/h3-5,10H,2,6-7,11H2,1H3;1-2,10H/b5-3-;. The highest BCUT2D eigenvalue weighted by atomic mass is 35.5. The lowest BCUT2D eigenvalue weighted by atomic mass is 10.1. The van der Waals surface area contributed by atoms with Gasteiger partial charge in [-0.25, -0.2) is 0 Å². The molecule has 0 spiro atoms. The minimum atomic E-state index is 0.314. The number of H-pyrrole nitrogens is 1. The van der Waals surface area contributed by atoms with E-state index in [0.29, 0.717) is 21.1 Å². The van der Waals surface area contributed by atoms with Gasteiger partial charge >= 0.3 is 0 Å². The van der Waals surface area contributed by atoms with Crippen LogP contribution < -0.4 is 5.73 Å². The number of carbonyl (C=O) groups is 1. The van der Waals surface area contributed by atoms with Gasteiger partial charge in [0.2, 0.25) is 0 Å². The Labute approximate surface area is 149 Å². The molecule has 2 aromatic heterocycles. The van der Waals surface area contributed by atoms with Crippen molar-refractivity contribution < 1.29 is 4.79 Å². The monoisotopic (exact) mass is 368 g/mol. The second-order valence-corrected chi connectivity index (χ2v) is 7.23. The van der Waals surface area contributed by atoms with E-state index >= 15 is 0 Å². The molecule has 0 fully saturated rings. The van der Waals surface area contributed by atoms with Crippen LogP contribution in [0.5, 0.6) is 0 Å². The summed E-state index contributed by atoms with van der Waals surface area (Å²) >= 11 is 13.0. The van der Waals surface area contributed by atoms with Gasteiger partial charge in [0.1, 0.15) is 4.34 Å². The van der Waals surface area contributed by atoms with Crippen molar-refractivity contribution in [3.8, 4) is 0 Å². The molecule has 0 aromatic carbocycles. The van der Waals surface area contributed by atoms with Crippen molar-refractivity contribution in [2.75, 3.05) is 0 Å². The third-order valence-corrected chi connectivity index (χ3v) is 5.44. The Bertz CT molecular complexity index is 786. The van der Waals surface area contributed by atoms with Crippen LogP contribution in [0.2, 0.25) is 9.36 Å². The molecule has 0 saturated heterocycles. The summed E-state index contributed by atoms with van der Waals surface area (Å²) in [6.07, 6.45) is 8.84. The zero-order chi connectivity index (χ0) is 17.0. The first-order chi connectivity index (χ1) is 11.0. The molecular weight excluding hydrogens is 351 g/mol. The SMILES string of the molecule is C=CC1=C(/C=C\C)CC(N)C1.O=Cc1cc2sc(Cl)c(Cl)c2[nH]1. The maximum atomic E-state index is 10.4. The smallest absolute Gasteiger partial charge is 0.166 e. The minimum absolute atomic E-state index is 0.314. The van der Waals surface area contributed by atoms with Gasteiger partial charge in [-0.3, -0.25) is 4.79 Å². The number of nitrogens with two attached hydrogens (primary N) is 1. The summed E-state index contributed by atoms with van der Waals surface area (Å²) in [7, 11) is 0. The maximum absolute atomic E-state index is 10.4. The van der Waals surface area contributed by atoms with E-state index in [1.807, 2.05) is 13.0 Å². The van der Waals surface area contributed by atoms with E-state index in [-0.39, 0.29) is 0 Å². The summed E-state index contributed by atoms with van der Waals surface area (Å²) in [5.74, 6) is 0. The van der Waals surface area contributed by atoms with Gasteiger partial charge in [0.15, 0.2) is 6.29 Å². The van der Waals surface area contributed by atoms with Crippen molar-refractivity contribution in [3.63, 3.8) is 0 Å². The van der Waals surface area contributed by atoms with E-state index in [0.717, 1.165) is 29.3 Å². The van der Waals surface area contributed by atoms with Gasteiger partial charge in [0, 0.05) is 6.04 Å². The number of aldehydes is 1. The largest absolute Gasteiger partial charge is 0.350 e. The summed E-state index contributed by atoms with van der Waals surface area (Å²) < 4.78 is 1.46. The van der Waals surface area contributed by atoms with Crippen molar-refractivity contribution in [3.05, 3.63) is 57.1 Å². The van der Waals surface area contributed by atoms with E-state index < -0.39 is 0 Å². The molecule has 0 amide bonds. The molecule has 1 aliphatic carbocycles. The predicted octanol–water partition coefficient (Wildman–Crippen LogP) is 5.51. The molecule has 23 heavy (non-hydrogen) atoms. The molecular formula is C17H18Cl2N2OS. The van der Waals surface area contributed by atoms with Gasteiger partial charge < -0.3 is 10.7 Å². The summed E-state index contributed by atoms with van der Waals surface area (Å²) in [4.78, 5) is 13.2. The lowest BCUT2D eigenvalue weighted by Gasteiger charge is -1.97. The number of aromatic amines is 1. The van der Waals surface area contributed by atoms with Crippen LogP contribution >= 0.6 is 34.5 Å². The van der Waals surface area contributed by atoms with Gasteiger partial charge in [-0.05, 0) is 37.0 Å². The molecule has 0 radical (unpaired) electrons. The molecule has 6 heteroatoms. The van der Waals surface area contributed by atoms with E-state index in [4.69, 9.17) is 28.9 Å². The van der Waals surface area contributed by atoms with Crippen LogP contribution in [0.4, 0.5) is 0 Å². The Hall–Kier alpha value is -1.33. The zero-order valence-corrected chi connectivity index (χ0v) is 15.1. The van der Waals surface area contributed by atoms with Crippen molar-refractivity contribution in [2.45, 2.75) is 25.8 Å². The molecule has 1 aliphatic rings. The minimum Gasteiger partial charge on any atom is -0.350 e. The van der Waals surface area contributed by atoms with E-state index in [9.17, 15) is 4.79 Å². The molecule has 122 valence electrons. The first kappa shape index (κ1) is 18.0. The van der Waals surface area contributed by atoms with Crippen molar-refractivity contribution >= 4 is 51.0 Å². The van der Waals surface area contributed by atoms with Gasteiger partial charge in [-0.15, -0.1) is 11.3 Å². The second-order valence-electron chi connectivity index (χ2n) is 5.19. The number of halogens is 2. The Balaban J connectivity index is 0.000000168. The number of hydrogen-bond donors (Lipinski definition) is 2. The normalized spacial score (nSPS) is 17.7. The lowest BCUT2D eigenvalue weighted by molar-refractivity contribution is 0.112. The number of nitrogens with one attached hydrogen (secondary N) is 1. The van der Waals surface area contributed by atoms with Crippen molar-refractivity contribution in [1.29, 1.82) is 0 Å². The number of hydrogen-bond acceptors (Lipinski definition) is 3. The first-order valence-electron chi connectivity index (χ1n) is 7.14. The van der Waals surface area contributed by atoms with Crippen LogP contribution in [-0.2, 0) is 0 Å². The van der Waals surface area contributed by atoms with Gasteiger partial charge in [0.05, 0.1) is 20.9 Å². The van der Waals surface area contributed by atoms with E-state index in [1.165, 1.54) is 22.5 Å². The molecule has 3 nitrogen and oxygen atoms in total. The molecule has 1 atom stereocenters. The van der Waals surface area contributed by atoms with E-state index in [1.54, 1.807) is 6.07 Å². The van der Waals surface area contributed by atoms with Gasteiger partial charge in [-0.2, -0.15) is 0 Å². The Morgan fingerprint density at radius 3 is 2.65 bits per heavy atom. The van der Waals surface area contributed by atoms with Crippen LogP contribution in [0.15, 0.2) is 42.0 Å². The van der Waals surface area contributed by atoms with Crippen molar-refractivity contribution in [2.24, 2.45) is 5.73 Å². The number of fused-ring (bicyclic) bond motifs is 1. The highest BCUT2D eigenvalue weighted by Crippen LogP contribution is 2.38. The molecule has 3 N–H and O–H groups in total. The molecule has 2 aromatic rings. The van der Waals surface area contributed by atoms with Crippen LogP contribution in [0.25, 0.3) is 10.2 Å². The fraction of sp³-hybridized carbons (Fsp3) is 0.235. The van der Waals surface area contributed by atoms with Crippen LogP contribution in [0, 0.1) is 0 Å². The molecule has 1 unspecified atom stereocenters. The highest BCUT2D eigenvalue weighted by molar-refractivity contribution is 7.23. The average molecular weight is 369 g/mol. The maximum Gasteiger partial charge on any atom is 0.166 e. The lowest BCUT2D eigenvalue weighted by Crippen LogP contribution is -2.15. The van der Waals surface area contributed by atoms with Gasteiger partial charge in [0.25, 0.3) is 0 Å². The van der Waals surface area contributed by atoms with Crippen LogP contribution in [0.3, 0.4) is 0 Å². The molecule has 0 bridgehead atoms. The summed E-state index contributed by atoms with van der Waals surface area (Å²) in [5.41, 5.74) is 9.74. The Kier molecular flexibility index (Phi) is 6.25. The third-order valence-electron chi connectivity index (χ3n) is 3.51. The second kappa shape index (κ2) is 7.97. The third kappa shape index (κ3) is 4.15. The summed E-state index contributed by atoms with van der Waals surface area (Å²) in [6.45, 7) is 5.79. The average Bonchev–Trinajstić information content (AvgIpc) is 3.16. The first-order valence-corrected chi connectivity index (χ1v) is 8.71. The zero-order valence-electron chi connectivity index (χ0n) is 12.7. The van der Waals surface area contributed by atoms with Crippen molar-refractivity contribution in [1.82, 2.24) is 4.98 Å². The number of aromatic nitrogens is 1. The molecule has 3 rings (SSSR count). The molecule has 0 saturated carbocycles. The molecule has 2 heterocycles. The quantitative estimate of drug-likeness (QED) is 0.701. The van der Waals surface area contributed by atoms with Crippen LogP contribution in [0.1, 0.15) is 30.3 Å².